The zero-order valence-electron chi connectivity index (χ0n) is 9.98. The summed E-state index contributed by atoms with van der Waals surface area (Å²) in [4.78, 5) is 22.0. The number of hydrogen-bond acceptors (Lipinski definition) is 4. The Balaban J connectivity index is 2.29. The minimum absolute atomic E-state index is 0.216. The highest BCUT2D eigenvalue weighted by atomic mass is 16.7. The van der Waals surface area contributed by atoms with Crippen molar-refractivity contribution in [2.24, 2.45) is 0 Å². The molecule has 0 amide bonds. The van der Waals surface area contributed by atoms with Crippen LogP contribution >= 0.6 is 0 Å². The first-order valence-corrected chi connectivity index (χ1v) is 5.62. The summed E-state index contributed by atoms with van der Waals surface area (Å²) in [5.74, 6) is -0.00685. The number of carbonyl (C=O) groups is 1. The van der Waals surface area contributed by atoms with E-state index in [-0.39, 0.29) is 11.5 Å². The molecule has 0 unspecified atom stereocenters. The van der Waals surface area contributed by atoms with Crippen LogP contribution in [-0.2, 0) is 0 Å². The molecule has 19 heavy (non-hydrogen) atoms. The van der Waals surface area contributed by atoms with Gasteiger partial charge < -0.3 is 4.74 Å². The quantitative estimate of drug-likeness (QED) is 0.357. The fourth-order valence-corrected chi connectivity index (χ4v) is 1.65. The Morgan fingerprint density at radius 2 is 1.68 bits per heavy atom. The number of nitrogens with zero attached hydrogens (tertiary/aromatic N) is 1. The second kappa shape index (κ2) is 5.77. The number of hydrogen-bond donors (Lipinski definition) is 0. The number of ketones is 1. The molecule has 0 radical (unpaired) electrons. The number of para-hydroxylation sites is 1. The average Bonchev–Trinajstić information content (AvgIpc) is 2.45. The lowest BCUT2D eigenvalue weighted by Crippen LogP contribution is -2.11. The second-order valence-electron chi connectivity index (χ2n) is 3.80. The zero-order valence-corrected chi connectivity index (χ0v) is 9.98. The van der Waals surface area contributed by atoms with Crippen LogP contribution in [0, 0.1) is 10.1 Å². The Morgan fingerprint density at radius 3 is 2.37 bits per heavy atom. The van der Waals surface area contributed by atoms with Crippen molar-refractivity contribution in [3.8, 4) is 5.75 Å². The first-order valence-electron chi connectivity index (χ1n) is 5.62. The van der Waals surface area contributed by atoms with Gasteiger partial charge in [-0.05, 0) is 12.1 Å². The van der Waals surface area contributed by atoms with Crippen LogP contribution in [0.2, 0.25) is 0 Å². The van der Waals surface area contributed by atoms with Crippen molar-refractivity contribution in [1.82, 2.24) is 0 Å². The van der Waals surface area contributed by atoms with Gasteiger partial charge >= 0.3 is 6.73 Å². The highest BCUT2D eigenvalue weighted by Gasteiger charge is 2.14. The molecule has 0 saturated carbocycles. The van der Waals surface area contributed by atoms with E-state index in [1.165, 1.54) is 0 Å². The summed E-state index contributed by atoms with van der Waals surface area (Å²) in [7, 11) is 0. The third kappa shape index (κ3) is 3.16. The van der Waals surface area contributed by atoms with Crippen molar-refractivity contribution < 1.29 is 14.5 Å². The molecule has 0 aliphatic heterocycles. The largest absolute Gasteiger partial charge is 0.431 e. The average molecular weight is 257 g/mol. The molecule has 0 aliphatic carbocycles. The fourth-order valence-electron chi connectivity index (χ4n) is 1.65. The van der Waals surface area contributed by atoms with Crippen molar-refractivity contribution in [1.29, 1.82) is 0 Å². The van der Waals surface area contributed by atoms with E-state index in [0.29, 0.717) is 11.1 Å². The third-order valence-corrected chi connectivity index (χ3v) is 2.49. The summed E-state index contributed by atoms with van der Waals surface area (Å²) in [6, 6.07) is 15.2. The van der Waals surface area contributed by atoms with Crippen LogP contribution in [0.15, 0.2) is 54.6 Å². The van der Waals surface area contributed by atoms with E-state index in [9.17, 15) is 14.9 Å². The van der Waals surface area contributed by atoms with Gasteiger partial charge in [-0.15, -0.1) is 0 Å². The van der Waals surface area contributed by atoms with Crippen LogP contribution in [0.5, 0.6) is 5.75 Å². The smallest absolute Gasteiger partial charge is 0.344 e. The standard InChI is InChI=1S/C14H11NO4/c16-14(11-6-2-1-3-7-11)12-8-4-5-9-13(12)19-10-15(17)18/h1-9H,10H2. The summed E-state index contributed by atoms with van der Waals surface area (Å²) in [6.45, 7) is -0.668. The summed E-state index contributed by atoms with van der Waals surface area (Å²) in [5.41, 5.74) is 0.829. The molecule has 96 valence electrons. The molecule has 2 aromatic carbocycles. The maximum atomic E-state index is 12.3. The van der Waals surface area contributed by atoms with Crippen molar-refractivity contribution in [2.75, 3.05) is 6.73 Å². The number of carbonyl (C=O) groups excluding carboxylic acids is 1. The topological polar surface area (TPSA) is 69.4 Å². The molecular formula is C14H11NO4. The first kappa shape index (κ1) is 12.8. The highest BCUT2D eigenvalue weighted by Crippen LogP contribution is 2.21. The predicted octanol–water partition coefficient (Wildman–Crippen LogP) is 2.53. The van der Waals surface area contributed by atoms with Gasteiger partial charge in [0.25, 0.3) is 0 Å². The Kier molecular flexibility index (Phi) is 3.87. The lowest BCUT2D eigenvalue weighted by atomic mass is 10.0. The van der Waals surface area contributed by atoms with Crippen LogP contribution in [0.25, 0.3) is 0 Å². The number of rotatable bonds is 5. The monoisotopic (exact) mass is 257 g/mol. The molecule has 5 nitrogen and oxygen atoms in total. The molecule has 0 atom stereocenters. The molecule has 0 fully saturated rings. The van der Waals surface area contributed by atoms with Crippen LogP contribution in [-0.4, -0.2) is 17.4 Å². The minimum atomic E-state index is -0.668. The van der Waals surface area contributed by atoms with Crippen LogP contribution < -0.4 is 4.74 Å². The molecule has 0 heterocycles. The van der Waals surface area contributed by atoms with Gasteiger partial charge in [-0.2, -0.15) is 0 Å². The number of benzene rings is 2. The Bertz CT molecular complexity index is 595. The van der Waals surface area contributed by atoms with Gasteiger partial charge in [0.2, 0.25) is 0 Å². The maximum absolute atomic E-state index is 12.3. The van der Waals surface area contributed by atoms with E-state index in [1.54, 1.807) is 48.5 Å². The van der Waals surface area contributed by atoms with E-state index in [2.05, 4.69) is 0 Å². The zero-order chi connectivity index (χ0) is 13.7. The predicted molar refractivity (Wildman–Crippen MR) is 68.8 cm³/mol. The van der Waals surface area contributed by atoms with Crippen LogP contribution in [0.3, 0.4) is 0 Å². The first-order chi connectivity index (χ1) is 9.18. The van der Waals surface area contributed by atoms with Crippen molar-refractivity contribution >= 4 is 5.78 Å². The van der Waals surface area contributed by atoms with Gasteiger partial charge in [0.15, 0.2) is 5.78 Å². The molecule has 0 saturated heterocycles. The lowest BCUT2D eigenvalue weighted by molar-refractivity contribution is -0.514. The van der Waals surface area contributed by atoms with E-state index in [1.807, 2.05) is 6.07 Å². The normalized spacial score (nSPS) is 9.89. The van der Waals surface area contributed by atoms with Crippen molar-refractivity contribution in [3.63, 3.8) is 0 Å². The minimum Gasteiger partial charge on any atom is -0.431 e. The lowest BCUT2D eigenvalue weighted by Gasteiger charge is -2.07. The fraction of sp³-hybridized carbons (Fsp3) is 0.0714. The molecule has 0 N–H and O–H groups in total. The maximum Gasteiger partial charge on any atom is 0.344 e. The van der Waals surface area contributed by atoms with Crippen molar-refractivity contribution in [3.05, 3.63) is 75.8 Å². The number of ether oxygens (including phenoxy) is 1. The molecule has 0 aromatic heterocycles. The molecule has 5 heteroatoms. The van der Waals surface area contributed by atoms with Gasteiger partial charge in [-0.1, -0.05) is 42.5 Å². The van der Waals surface area contributed by atoms with E-state index < -0.39 is 11.7 Å². The SMILES string of the molecule is O=C(c1ccccc1)c1ccccc1OC[N+](=O)[O-]. The van der Waals surface area contributed by atoms with E-state index in [0.717, 1.165) is 0 Å². The summed E-state index contributed by atoms with van der Waals surface area (Å²) in [6.07, 6.45) is 0. The van der Waals surface area contributed by atoms with Gasteiger partial charge in [-0.3, -0.25) is 14.9 Å². The molecule has 0 spiro atoms. The van der Waals surface area contributed by atoms with Crippen molar-refractivity contribution in [2.45, 2.75) is 0 Å². The second-order valence-corrected chi connectivity index (χ2v) is 3.80. The molecule has 2 aromatic rings. The van der Waals surface area contributed by atoms with E-state index in [4.69, 9.17) is 4.74 Å². The molecule has 0 aliphatic rings. The van der Waals surface area contributed by atoms with Gasteiger partial charge in [0.1, 0.15) is 5.75 Å². The molecular weight excluding hydrogens is 246 g/mol. The van der Waals surface area contributed by atoms with Gasteiger partial charge in [0.05, 0.1) is 10.5 Å². The summed E-state index contributed by atoms with van der Waals surface area (Å²) < 4.78 is 5.02. The summed E-state index contributed by atoms with van der Waals surface area (Å²) in [5, 5.41) is 10.3. The third-order valence-electron chi connectivity index (χ3n) is 2.49. The van der Waals surface area contributed by atoms with Gasteiger partial charge in [-0.25, -0.2) is 0 Å². The molecule has 0 bridgehead atoms. The van der Waals surface area contributed by atoms with E-state index >= 15 is 0 Å². The highest BCUT2D eigenvalue weighted by molar-refractivity contribution is 6.10. The Hall–Kier alpha value is -2.69. The van der Waals surface area contributed by atoms with Crippen LogP contribution in [0.4, 0.5) is 0 Å². The Morgan fingerprint density at radius 1 is 1.05 bits per heavy atom. The number of nitro groups is 1. The van der Waals surface area contributed by atoms with Gasteiger partial charge in [0, 0.05) is 5.56 Å². The summed E-state index contributed by atoms with van der Waals surface area (Å²) >= 11 is 0. The molecule has 2 rings (SSSR count). The van der Waals surface area contributed by atoms with Crippen LogP contribution in [0.1, 0.15) is 15.9 Å². The Labute approximate surface area is 109 Å².